The van der Waals surface area contributed by atoms with E-state index in [4.69, 9.17) is 5.11 Å². The molecule has 0 radical (unpaired) electrons. The van der Waals surface area contributed by atoms with Gasteiger partial charge in [0.25, 0.3) is 0 Å². The van der Waals surface area contributed by atoms with Crippen LogP contribution in [0.15, 0.2) is 24.5 Å². The molecule has 0 fully saturated rings. The third-order valence-corrected chi connectivity index (χ3v) is 3.40. The van der Waals surface area contributed by atoms with Crippen LogP contribution in [0.3, 0.4) is 0 Å². The second-order valence-corrected chi connectivity index (χ2v) is 5.58. The number of carboxylic acids is 1. The second-order valence-electron chi connectivity index (χ2n) is 3.60. The van der Waals surface area contributed by atoms with Crippen molar-refractivity contribution in [1.82, 2.24) is 9.29 Å². The summed E-state index contributed by atoms with van der Waals surface area (Å²) in [6.45, 7) is 0.130. The molecule has 1 rings (SSSR count). The molecule has 0 atom stereocenters. The van der Waals surface area contributed by atoms with Gasteiger partial charge in [-0.25, -0.2) is 8.42 Å². The second kappa shape index (κ2) is 5.74. The first-order chi connectivity index (χ1) is 7.89. The van der Waals surface area contributed by atoms with E-state index in [9.17, 15) is 13.2 Å². The molecule has 1 aromatic heterocycles. The molecule has 0 aromatic carbocycles. The first-order valence-electron chi connectivity index (χ1n) is 4.95. The Hall–Kier alpha value is -1.47. The number of rotatable bonds is 6. The van der Waals surface area contributed by atoms with Crippen LogP contribution >= 0.6 is 0 Å². The summed E-state index contributed by atoms with van der Waals surface area (Å²) in [6.07, 6.45) is 3.98. The van der Waals surface area contributed by atoms with Crippen molar-refractivity contribution in [3.8, 4) is 0 Å². The average molecular weight is 258 g/mol. The van der Waals surface area contributed by atoms with Gasteiger partial charge in [-0.15, -0.1) is 0 Å². The normalized spacial score (nSPS) is 11.6. The van der Waals surface area contributed by atoms with Crippen LogP contribution in [0.2, 0.25) is 0 Å². The molecule has 0 amide bonds. The lowest BCUT2D eigenvalue weighted by Crippen LogP contribution is -2.31. The zero-order valence-corrected chi connectivity index (χ0v) is 10.2. The Bertz CT molecular complexity index is 472. The Morgan fingerprint density at radius 3 is 2.47 bits per heavy atom. The molecule has 0 aliphatic heterocycles. The lowest BCUT2D eigenvalue weighted by atomic mass is 10.2. The topological polar surface area (TPSA) is 87.6 Å². The highest BCUT2D eigenvalue weighted by molar-refractivity contribution is 7.88. The van der Waals surface area contributed by atoms with Gasteiger partial charge in [-0.3, -0.25) is 9.78 Å². The summed E-state index contributed by atoms with van der Waals surface area (Å²) in [6, 6.07) is 3.39. The van der Waals surface area contributed by atoms with Gasteiger partial charge in [0.1, 0.15) is 0 Å². The first-order valence-corrected chi connectivity index (χ1v) is 6.80. The third-order valence-electron chi connectivity index (χ3n) is 2.15. The van der Waals surface area contributed by atoms with Gasteiger partial charge in [0.15, 0.2) is 0 Å². The van der Waals surface area contributed by atoms with E-state index in [2.05, 4.69) is 4.98 Å². The zero-order valence-electron chi connectivity index (χ0n) is 9.41. The molecule has 1 N–H and O–H groups in total. The summed E-state index contributed by atoms with van der Waals surface area (Å²) in [4.78, 5) is 14.3. The zero-order chi connectivity index (χ0) is 12.9. The minimum atomic E-state index is -3.41. The fraction of sp³-hybridized carbons (Fsp3) is 0.400. The molecule has 0 unspecified atom stereocenters. The summed E-state index contributed by atoms with van der Waals surface area (Å²) in [5.74, 6) is -1.02. The molecular formula is C10H14N2O4S. The Labute approximate surface area is 100.0 Å². The van der Waals surface area contributed by atoms with Crippen molar-refractivity contribution < 1.29 is 18.3 Å². The van der Waals surface area contributed by atoms with Gasteiger partial charge < -0.3 is 5.11 Å². The summed E-state index contributed by atoms with van der Waals surface area (Å²) in [5.41, 5.74) is 0.774. The average Bonchev–Trinajstić information content (AvgIpc) is 2.23. The van der Waals surface area contributed by atoms with Crippen molar-refractivity contribution in [3.05, 3.63) is 30.1 Å². The van der Waals surface area contributed by atoms with E-state index in [1.54, 1.807) is 24.5 Å². The standard InChI is InChI=1S/C10H14N2O4S/c1-17(15,16)12(7-4-10(13)14)8-9-2-5-11-6-3-9/h2-3,5-6H,4,7-8H2,1H3,(H,13,14). The smallest absolute Gasteiger partial charge is 0.304 e. The largest absolute Gasteiger partial charge is 0.481 e. The minimum absolute atomic E-state index is 0.0313. The van der Waals surface area contributed by atoms with Crippen LogP contribution < -0.4 is 0 Å². The summed E-state index contributed by atoms with van der Waals surface area (Å²) in [5, 5.41) is 8.56. The van der Waals surface area contributed by atoms with E-state index in [-0.39, 0.29) is 19.5 Å². The molecule has 0 bridgehead atoms. The summed E-state index contributed by atoms with van der Waals surface area (Å²) < 4.78 is 24.1. The number of carboxylic acid groups (broad SMARTS) is 1. The maximum absolute atomic E-state index is 11.5. The number of sulfonamides is 1. The van der Waals surface area contributed by atoms with Crippen LogP contribution in [0, 0.1) is 0 Å². The summed E-state index contributed by atoms with van der Waals surface area (Å²) >= 11 is 0. The highest BCUT2D eigenvalue weighted by Crippen LogP contribution is 2.08. The van der Waals surface area contributed by atoms with Gasteiger partial charge in [-0.2, -0.15) is 4.31 Å². The molecule has 0 saturated heterocycles. The number of pyridine rings is 1. The van der Waals surface area contributed by atoms with Crippen LogP contribution in [-0.4, -0.2) is 41.6 Å². The van der Waals surface area contributed by atoms with E-state index >= 15 is 0 Å². The molecule has 94 valence electrons. The van der Waals surface area contributed by atoms with E-state index in [1.807, 2.05) is 0 Å². The lowest BCUT2D eigenvalue weighted by molar-refractivity contribution is -0.137. The SMILES string of the molecule is CS(=O)(=O)N(CCC(=O)O)Cc1ccncc1. The molecule has 7 heteroatoms. The van der Waals surface area contributed by atoms with E-state index < -0.39 is 16.0 Å². The molecule has 0 aliphatic carbocycles. The highest BCUT2D eigenvalue weighted by Gasteiger charge is 2.17. The predicted octanol–water partition coefficient (Wildman–Crippen LogP) is 0.318. The Morgan fingerprint density at radius 2 is 2.00 bits per heavy atom. The van der Waals surface area contributed by atoms with Crippen LogP contribution in [-0.2, 0) is 21.4 Å². The van der Waals surface area contributed by atoms with Gasteiger partial charge >= 0.3 is 5.97 Å². The first kappa shape index (κ1) is 13.6. The van der Waals surface area contributed by atoms with Gasteiger partial charge in [-0.05, 0) is 17.7 Å². The van der Waals surface area contributed by atoms with Gasteiger partial charge in [0, 0.05) is 25.5 Å². The number of hydrogen-bond acceptors (Lipinski definition) is 4. The van der Waals surface area contributed by atoms with Crippen LogP contribution in [0.25, 0.3) is 0 Å². The van der Waals surface area contributed by atoms with Crippen molar-refractivity contribution in [3.63, 3.8) is 0 Å². The van der Waals surface area contributed by atoms with Crippen molar-refractivity contribution in [1.29, 1.82) is 0 Å². The Morgan fingerprint density at radius 1 is 1.41 bits per heavy atom. The van der Waals surface area contributed by atoms with Crippen LogP contribution in [0.5, 0.6) is 0 Å². The molecule has 0 saturated carbocycles. The monoisotopic (exact) mass is 258 g/mol. The summed E-state index contributed by atoms with van der Waals surface area (Å²) in [7, 11) is -3.41. The van der Waals surface area contributed by atoms with Crippen molar-refractivity contribution in [2.24, 2.45) is 0 Å². The van der Waals surface area contributed by atoms with Crippen molar-refractivity contribution in [2.75, 3.05) is 12.8 Å². The maximum Gasteiger partial charge on any atom is 0.304 e. The molecule has 1 aromatic rings. The quantitative estimate of drug-likeness (QED) is 0.793. The van der Waals surface area contributed by atoms with Crippen LogP contribution in [0.1, 0.15) is 12.0 Å². The fourth-order valence-corrected chi connectivity index (χ4v) is 2.08. The minimum Gasteiger partial charge on any atom is -0.481 e. The van der Waals surface area contributed by atoms with Gasteiger partial charge in [-0.1, -0.05) is 0 Å². The molecule has 6 nitrogen and oxygen atoms in total. The Kier molecular flexibility index (Phi) is 4.59. The Balaban J connectivity index is 2.75. The number of carbonyl (C=O) groups is 1. The molecule has 0 aliphatic rings. The maximum atomic E-state index is 11.5. The molecular weight excluding hydrogens is 244 g/mol. The number of aliphatic carboxylic acids is 1. The fourth-order valence-electron chi connectivity index (χ4n) is 1.27. The van der Waals surface area contributed by atoms with E-state index in [1.165, 1.54) is 0 Å². The predicted molar refractivity (Wildman–Crippen MR) is 61.7 cm³/mol. The number of aromatic nitrogens is 1. The van der Waals surface area contributed by atoms with Crippen molar-refractivity contribution >= 4 is 16.0 Å². The number of nitrogens with zero attached hydrogens (tertiary/aromatic N) is 2. The molecule has 1 heterocycles. The van der Waals surface area contributed by atoms with E-state index in [0.29, 0.717) is 0 Å². The highest BCUT2D eigenvalue weighted by atomic mass is 32.2. The lowest BCUT2D eigenvalue weighted by Gasteiger charge is -2.18. The van der Waals surface area contributed by atoms with Gasteiger partial charge in [0.2, 0.25) is 10.0 Å². The molecule has 17 heavy (non-hydrogen) atoms. The third kappa shape index (κ3) is 4.92. The van der Waals surface area contributed by atoms with E-state index in [0.717, 1.165) is 16.1 Å². The molecule has 0 spiro atoms. The van der Waals surface area contributed by atoms with Crippen LogP contribution in [0.4, 0.5) is 0 Å². The van der Waals surface area contributed by atoms with Crippen molar-refractivity contribution in [2.45, 2.75) is 13.0 Å². The van der Waals surface area contributed by atoms with Gasteiger partial charge in [0.05, 0.1) is 12.7 Å². The number of hydrogen-bond donors (Lipinski definition) is 1.